The molecule has 1 rings (SSSR count). The lowest BCUT2D eigenvalue weighted by molar-refractivity contribution is -0.145. The predicted octanol–water partition coefficient (Wildman–Crippen LogP) is 3.81. The second-order valence-corrected chi connectivity index (χ2v) is 4.40. The fraction of sp³-hybridized carbons (Fsp3) is 0.769. The van der Waals surface area contributed by atoms with E-state index in [0.717, 1.165) is 32.1 Å². The molecule has 2 nitrogen and oxygen atoms in total. The molecule has 1 saturated carbocycles. The summed E-state index contributed by atoms with van der Waals surface area (Å²) in [5.74, 6) is 0.736. The lowest BCUT2D eigenvalue weighted by Gasteiger charge is -2.20. The van der Waals surface area contributed by atoms with Gasteiger partial charge in [-0.3, -0.25) is 4.79 Å². The van der Waals surface area contributed by atoms with Crippen LogP contribution in [0.25, 0.3) is 0 Å². The normalized spacial score (nSPS) is 17.4. The number of ether oxygens (including phenoxy) is 1. The Kier molecular flexibility index (Phi) is 5.44. The molecule has 1 fully saturated rings. The van der Waals surface area contributed by atoms with Crippen LogP contribution in [0.5, 0.6) is 0 Å². The molecule has 0 N–H and O–H groups in total. The van der Waals surface area contributed by atoms with E-state index >= 15 is 0 Å². The Morgan fingerprint density at radius 1 is 1.33 bits per heavy atom. The Balaban J connectivity index is 2.24. The van der Waals surface area contributed by atoms with Gasteiger partial charge in [-0.25, -0.2) is 0 Å². The number of hydrogen-bond acceptors (Lipinski definition) is 2. The molecule has 1 aliphatic carbocycles. The molecule has 2 heteroatoms. The Bertz CT molecular complexity index is 215. The van der Waals surface area contributed by atoms with E-state index in [0.29, 0.717) is 5.76 Å². The van der Waals surface area contributed by atoms with E-state index < -0.39 is 0 Å². The topological polar surface area (TPSA) is 26.3 Å². The molecule has 0 radical (unpaired) electrons. The van der Waals surface area contributed by atoms with Gasteiger partial charge in [-0.15, -0.1) is 0 Å². The van der Waals surface area contributed by atoms with Crippen molar-refractivity contribution in [3.63, 3.8) is 0 Å². The van der Waals surface area contributed by atoms with Crippen molar-refractivity contribution in [2.45, 2.75) is 58.3 Å². The second-order valence-electron chi connectivity index (χ2n) is 4.40. The van der Waals surface area contributed by atoms with Gasteiger partial charge in [0.05, 0.1) is 5.92 Å². The van der Waals surface area contributed by atoms with E-state index in [9.17, 15) is 4.79 Å². The molecule has 0 aromatic heterocycles. The smallest absolute Gasteiger partial charge is 0.313 e. The summed E-state index contributed by atoms with van der Waals surface area (Å²) >= 11 is 0. The van der Waals surface area contributed by atoms with Crippen molar-refractivity contribution < 1.29 is 9.53 Å². The summed E-state index contributed by atoms with van der Waals surface area (Å²) in [6.45, 7) is 5.91. The maximum Gasteiger partial charge on any atom is 0.313 e. The number of esters is 1. The molecule has 15 heavy (non-hydrogen) atoms. The van der Waals surface area contributed by atoms with Crippen LogP contribution in [-0.2, 0) is 9.53 Å². The maximum atomic E-state index is 11.7. The Morgan fingerprint density at radius 2 is 2.00 bits per heavy atom. The highest BCUT2D eigenvalue weighted by atomic mass is 16.5. The molecular formula is C13H22O2. The van der Waals surface area contributed by atoms with Crippen LogP contribution in [0.2, 0.25) is 0 Å². The standard InChI is InChI=1S/C13H22O2/c1-3-4-8-11(2)15-13(14)12-9-6-5-7-10-12/h12H,2-10H2,1H3. The van der Waals surface area contributed by atoms with Crippen molar-refractivity contribution in [1.29, 1.82) is 0 Å². The summed E-state index contributed by atoms with van der Waals surface area (Å²) in [6.07, 6.45) is 8.58. The summed E-state index contributed by atoms with van der Waals surface area (Å²) < 4.78 is 5.26. The highest BCUT2D eigenvalue weighted by Gasteiger charge is 2.22. The lowest BCUT2D eigenvalue weighted by Crippen LogP contribution is -2.19. The Labute approximate surface area is 92.7 Å². The maximum absolute atomic E-state index is 11.7. The molecule has 0 amide bonds. The fourth-order valence-electron chi connectivity index (χ4n) is 1.99. The van der Waals surface area contributed by atoms with Crippen LogP contribution < -0.4 is 0 Å². The average molecular weight is 210 g/mol. The van der Waals surface area contributed by atoms with Crippen molar-refractivity contribution in [3.05, 3.63) is 12.3 Å². The molecule has 0 heterocycles. The van der Waals surface area contributed by atoms with Crippen LogP contribution in [0.15, 0.2) is 12.3 Å². The Hall–Kier alpha value is -0.790. The second kappa shape index (κ2) is 6.65. The van der Waals surface area contributed by atoms with Gasteiger partial charge >= 0.3 is 5.97 Å². The molecule has 0 aliphatic heterocycles. The molecule has 0 atom stereocenters. The molecule has 0 aromatic rings. The van der Waals surface area contributed by atoms with Gasteiger partial charge in [-0.1, -0.05) is 39.2 Å². The third kappa shape index (κ3) is 4.50. The average Bonchev–Trinajstić information content (AvgIpc) is 2.27. The first kappa shape index (κ1) is 12.3. The van der Waals surface area contributed by atoms with Crippen LogP contribution in [-0.4, -0.2) is 5.97 Å². The number of allylic oxidation sites excluding steroid dienone is 1. The quantitative estimate of drug-likeness (QED) is 0.509. The molecule has 1 aliphatic rings. The highest BCUT2D eigenvalue weighted by Crippen LogP contribution is 2.25. The van der Waals surface area contributed by atoms with Gasteiger partial charge in [0.25, 0.3) is 0 Å². The Morgan fingerprint density at radius 3 is 2.60 bits per heavy atom. The van der Waals surface area contributed by atoms with E-state index in [1.165, 1.54) is 19.3 Å². The van der Waals surface area contributed by atoms with E-state index in [1.807, 2.05) is 0 Å². The van der Waals surface area contributed by atoms with Crippen LogP contribution in [0.3, 0.4) is 0 Å². The largest absolute Gasteiger partial charge is 0.432 e. The fourth-order valence-corrected chi connectivity index (χ4v) is 1.99. The zero-order valence-corrected chi connectivity index (χ0v) is 9.76. The lowest BCUT2D eigenvalue weighted by atomic mass is 9.89. The summed E-state index contributed by atoms with van der Waals surface area (Å²) in [6, 6.07) is 0. The van der Waals surface area contributed by atoms with Gasteiger partial charge < -0.3 is 4.74 Å². The zero-order valence-electron chi connectivity index (χ0n) is 9.76. The molecule has 0 bridgehead atoms. The van der Waals surface area contributed by atoms with Crippen molar-refractivity contribution in [2.24, 2.45) is 5.92 Å². The van der Waals surface area contributed by atoms with E-state index in [2.05, 4.69) is 13.5 Å². The zero-order chi connectivity index (χ0) is 11.1. The van der Waals surface area contributed by atoms with Gasteiger partial charge in [0, 0.05) is 6.42 Å². The number of rotatable bonds is 5. The van der Waals surface area contributed by atoms with E-state index in [-0.39, 0.29) is 11.9 Å². The van der Waals surface area contributed by atoms with Gasteiger partial charge in [0.1, 0.15) is 5.76 Å². The van der Waals surface area contributed by atoms with E-state index in [1.54, 1.807) is 0 Å². The predicted molar refractivity (Wildman–Crippen MR) is 61.3 cm³/mol. The number of carbonyl (C=O) groups excluding carboxylic acids is 1. The summed E-state index contributed by atoms with van der Waals surface area (Å²) in [5, 5.41) is 0. The molecular weight excluding hydrogens is 188 g/mol. The van der Waals surface area contributed by atoms with Gasteiger partial charge in [-0.05, 0) is 19.3 Å². The van der Waals surface area contributed by atoms with Gasteiger partial charge in [0.2, 0.25) is 0 Å². The van der Waals surface area contributed by atoms with Crippen molar-refractivity contribution in [3.8, 4) is 0 Å². The molecule has 86 valence electrons. The first-order valence-corrected chi connectivity index (χ1v) is 6.13. The minimum atomic E-state index is -0.0456. The van der Waals surface area contributed by atoms with Crippen LogP contribution >= 0.6 is 0 Å². The number of hydrogen-bond donors (Lipinski definition) is 0. The summed E-state index contributed by atoms with van der Waals surface area (Å²) in [7, 11) is 0. The van der Waals surface area contributed by atoms with Crippen molar-refractivity contribution >= 4 is 5.97 Å². The van der Waals surface area contributed by atoms with Crippen molar-refractivity contribution in [1.82, 2.24) is 0 Å². The number of carbonyl (C=O) groups is 1. The van der Waals surface area contributed by atoms with Crippen molar-refractivity contribution in [2.75, 3.05) is 0 Å². The first-order chi connectivity index (χ1) is 7.24. The third-order valence-corrected chi connectivity index (χ3v) is 2.99. The third-order valence-electron chi connectivity index (χ3n) is 2.99. The SMILES string of the molecule is C=C(CCCC)OC(=O)C1CCCCC1. The summed E-state index contributed by atoms with van der Waals surface area (Å²) in [5.41, 5.74) is 0. The monoisotopic (exact) mass is 210 g/mol. The molecule has 0 unspecified atom stereocenters. The van der Waals surface area contributed by atoms with E-state index in [4.69, 9.17) is 4.74 Å². The highest BCUT2D eigenvalue weighted by molar-refractivity contribution is 5.73. The minimum absolute atomic E-state index is 0.0456. The molecule has 0 spiro atoms. The van der Waals surface area contributed by atoms with Gasteiger partial charge in [0.15, 0.2) is 0 Å². The van der Waals surface area contributed by atoms with Crippen LogP contribution in [0.1, 0.15) is 58.3 Å². The number of unbranched alkanes of at least 4 members (excludes halogenated alkanes) is 1. The molecule has 0 saturated heterocycles. The first-order valence-electron chi connectivity index (χ1n) is 6.13. The minimum Gasteiger partial charge on any atom is -0.432 e. The van der Waals surface area contributed by atoms with Gasteiger partial charge in [-0.2, -0.15) is 0 Å². The van der Waals surface area contributed by atoms with Crippen LogP contribution in [0, 0.1) is 5.92 Å². The molecule has 0 aromatic carbocycles. The van der Waals surface area contributed by atoms with Crippen LogP contribution in [0.4, 0.5) is 0 Å². The summed E-state index contributed by atoms with van der Waals surface area (Å²) in [4.78, 5) is 11.7.